The average molecular weight is 514 g/mol. The number of ether oxygens (including phenoxy) is 2. The Labute approximate surface area is 189 Å². The quantitative estimate of drug-likeness (QED) is 0.244. The van der Waals surface area contributed by atoms with Gasteiger partial charge in [-0.2, -0.15) is 0 Å². The van der Waals surface area contributed by atoms with E-state index in [1.165, 1.54) is 0 Å². The smallest absolute Gasteiger partial charge is 0.191 e. The lowest BCUT2D eigenvalue weighted by molar-refractivity contribution is 0.394. The van der Waals surface area contributed by atoms with E-state index in [4.69, 9.17) is 9.47 Å². The molecule has 0 spiro atoms. The van der Waals surface area contributed by atoms with Crippen molar-refractivity contribution in [2.45, 2.75) is 25.4 Å². The van der Waals surface area contributed by atoms with E-state index >= 15 is 0 Å². The van der Waals surface area contributed by atoms with Crippen LogP contribution in [0, 0.1) is 0 Å². The standard InChI is InChI=1S/C20H30N6O2.HI/c1-21-20(23-6-4-8-25-10-7-22-15-25)24-16-5-9-26(14-16)17-11-18(27-2)13-19(12-17)28-3;/h7,10-13,15-16H,4-6,8-9,14H2,1-3H3,(H2,21,23,24);1H. The molecule has 160 valence electrons. The lowest BCUT2D eigenvalue weighted by Gasteiger charge is -2.21. The van der Waals surface area contributed by atoms with Crippen molar-refractivity contribution in [3.8, 4) is 11.5 Å². The molecule has 1 aromatic heterocycles. The Kier molecular flexibility index (Phi) is 9.36. The molecule has 0 aliphatic carbocycles. The van der Waals surface area contributed by atoms with Crippen LogP contribution in [-0.4, -0.2) is 62.5 Å². The molecule has 0 saturated carbocycles. The van der Waals surface area contributed by atoms with Crippen LogP contribution in [0.4, 0.5) is 5.69 Å². The van der Waals surface area contributed by atoms with E-state index in [0.29, 0.717) is 6.04 Å². The van der Waals surface area contributed by atoms with E-state index < -0.39 is 0 Å². The summed E-state index contributed by atoms with van der Waals surface area (Å²) in [4.78, 5) is 10.8. The second-order valence-corrected chi connectivity index (χ2v) is 6.80. The Morgan fingerprint density at radius 3 is 2.62 bits per heavy atom. The number of nitrogens with one attached hydrogen (secondary N) is 2. The number of guanidine groups is 1. The predicted molar refractivity (Wildman–Crippen MR) is 127 cm³/mol. The largest absolute Gasteiger partial charge is 0.497 e. The van der Waals surface area contributed by atoms with Gasteiger partial charge in [-0.15, -0.1) is 24.0 Å². The molecular formula is C20H31IN6O2. The zero-order chi connectivity index (χ0) is 19.8. The van der Waals surface area contributed by atoms with Gasteiger partial charge in [-0.05, 0) is 12.8 Å². The fourth-order valence-electron chi connectivity index (χ4n) is 3.36. The molecule has 1 aliphatic rings. The number of halogens is 1. The molecule has 0 bridgehead atoms. The van der Waals surface area contributed by atoms with Crippen LogP contribution in [0.1, 0.15) is 12.8 Å². The second kappa shape index (κ2) is 11.7. The van der Waals surface area contributed by atoms with Crippen molar-refractivity contribution in [2.24, 2.45) is 4.99 Å². The first-order chi connectivity index (χ1) is 13.7. The van der Waals surface area contributed by atoms with Crippen LogP contribution < -0.4 is 25.0 Å². The van der Waals surface area contributed by atoms with E-state index in [1.807, 2.05) is 37.8 Å². The third-order valence-electron chi connectivity index (χ3n) is 4.90. The van der Waals surface area contributed by atoms with Gasteiger partial charge in [0.05, 0.1) is 20.5 Å². The molecule has 2 aromatic rings. The Bertz CT molecular complexity index is 746. The molecule has 8 nitrogen and oxygen atoms in total. The molecule has 0 radical (unpaired) electrons. The number of nitrogens with zero attached hydrogens (tertiary/aromatic N) is 4. The minimum atomic E-state index is 0. The Balaban J connectivity index is 0.00000300. The number of benzene rings is 1. The summed E-state index contributed by atoms with van der Waals surface area (Å²) in [5.41, 5.74) is 1.11. The van der Waals surface area contributed by atoms with Gasteiger partial charge in [-0.1, -0.05) is 0 Å². The normalized spacial score (nSPS) is 16.3. The lowest BCUT2D eigenvalue weighted by atomic mass is 10.2. The third-order valence-corrected chi connectivity index (χ3v) is 4.90. The van der Waals surface area contributed by atoms with Crippen molar-refractivity contribution in [2.75, 3.05) is 45.8 Å². The van der Waals surface area contributed by atoms with Crippen LogP contribution in [0.25, 0.3) is 0 Å². The van der Waals surface area contributed by atoms with Crippen LogP contribution in [0.3, 0.4) is 0 Å². The first-order valence-corrected chi connectivity index (χ1v) is 9.62. The molecule has 1 saturated heterocycles. The van der Waals surface area contributed by atoms with Crippen LogP contribution in [0.15, 0.2) is 41.9 Å². The predicted octanol–water partition coefficient (Wildman–Crippen LogP) is 2.35. The number of hydrogen-bond donors (Lipinski definition) is 2. The van der Waals surface area contributed by atoms with E-state index in [-0.39, 0.29) is 24.0 Å². The highest BCUT2D eigenvalue weighted by Crippen LogP contribution is 2.30. The van der Waals surface area contributed by atoms with E-state index in [2.05, 4.69) is 30.1 Å². The van der Waals surface area contributed by atoms with Crippen molar-refractivity contribution in [1.29, 1.82) is 0 Å². The Morgan fingerprint density at radius 2 is 2.00 bits per heavy atom. The van der Waals surface area contributed by atoms with E-state index in [1.54, 1.807) is 20.4 Å². The molecule has 3 rings (SSSR count). The summed E-state index contributed by atoms with van der Waals surface area (Å²) in [5, 5.41) is 6.93. The summed E-state index contributed by atoms with van der Waals surface area (Å²) in [6.07, 6.45) is 7.69. The molecule has 1 fully saturated rings. The summed E-state index contributed by atoms with van der Waals surface area (Å²) < 4.78 is 12.9. The SMILES string of the molecule is CN=C(NCCCn1ccnc1)NC1CCN(c2cc(OC)cc(OC)c2)C1.I. The van der Waals surface area contributed by atoms with Gasteiger partial charge >= 0.3 is 0 Å². The van der Waals surface area contributed by atoms with E-state index in [0.717, 1.165) is 62.2 Å². The maximum atomic E-state index is 5.39. The number of methoxy groups -OCH3 is 2. The zero-order valence-electron chi connectivity index (χ0n) is 17.3. The summed E-state index contributed by atoms with van der Waals surface area (Å²) in [6.45, 7) is 3.69. The molecule has 2 heterocycles. The van der Waals surface area contributed by atoms with Gasteiger partial charge in [0.2, 0.25) is 0 Å². The minimum absolute atomic E-state index is 0. The van der Waals surface area contributed by atoms with Crippen molar-refractivity contribution >= 4 is 35.6 Å². The fraction of sp³-hybridized carbons (Fsp3) is 0.500. The first-order valence-electron chi connectivity index (χ1n) is 9.62. The number of imidazole rings is 1. The van der Waals surface area contributed by atoms with Gasteiger partial charge in [-0.3, -0.25) is 4.99 Å². The Morgan fingerprint density at radius 1 is 1.24 bits per heavy atom. The van der Waals surface area contributed by atoms with Gasteiger partial charge in [0.15, 0.2) is 5.96 Å². The third kappa shape index (κ3) is 6.69. The topological polar surface area (TPSA) is 75.9 Å². The maximum Gasteiger partial charge on any atom is 0.191 e. The van der Waals surface area contributed by atoms with Gasteiger partial charge in [0.25, 0.3) is 0 Å². The van der Waals surface area contributed by atoms with Crippen LogP contribution in [-0.2, 0) is 6.54 Å². The van der Waals surface area contributed by atoms with Crippen molar-refractivity contribution in [3.63, 3.8) is 0 Å². The molecule has 9 heteroatoms. The number of anilines is 1. The van der Waals surface area contributed by atoms with Gasteiger partial charge in [0, 0.05) is 75.5 Å². The van der Waals surface area contributed by atoms with Gasteiger partial charge in [-0.25, -0.2) is 4.98 Å². The molecule has 29 heavy (non-hydrogen) atoms. The van der Waals surface area contributed by atoms with Crippen molar-refractivity contribution < 1.29 is 9.47 Å². The highest BCUT2D eigenvalue weighted by molar-refractivity contribution is 14.0. The minimum Gasteiger partial charge on any atom is -0.497 e. The molecule has 1 aliphatic heterocycles. The van der Waals surface area contributed by atoms with Crippen molar-refractivity contribution in [1.82, 2.24) is 20.2 Å². The fourth-order valence-corrected chi connectivity index (χ4v) is 3.36. The van der Waals surface area contributed by atoms with Crippen LogP contribution >= 0.6 is 24.0 Å². The monoisotopic (exact) mass is 514 g/mol. The maximum absolute atomic E-state index is 5.39. The number of rotatable bonds is 8. The summed E-state index contributed by atoms with van der Waals surface area (Å²) in [5.74, 6) is 2.46. The molecule has 1 aromatic carbocycles. The average Bonchev–Trinajstić information content (AvgIpc) is 3.41. The number of hydrogen-bond acceptors (Lipinski definition) is 5. The van der Waals surface area contributed by atoms with Gasteiger partial charge in [0.1, 0.15) is 11.5 Å². The van der Waals surface area contributed by atoms with E-state index in [9.17, 15) is 0 Å². The molecule has 0 amide bonds. The second-order valence-electron chi connectivity index (χ2n) is 6.80. The highest BCUT2D eigenvalue weighted by atomic mass is 127. The highest BCUT2D eigenvalue weighted by Gasteiger charge is 2.24. The van der Waals surface area contributed by atoms with Crippen LogP contribution in [0.2, 0.25) is 0 Å². The summed E-state index contributed by atoms with van der Waals surface area (Å²) in [6, 6.07) is 6.34. The van der Waals surface area contributed by atoms with Gasteiger partial charge < -0.3 is 29.6 Å². The Hall–Kier alpha value is -2.17. The molecule has 2 N–H and O–H groups in total. The summed E-state index contributed by atoms with van der Waals surface area (Å²) in [7, 11) is 5.16. The number of aryl methyl sites for hydroxylation is 1. The zero-order valence-corrected chi connectivity index (χ0v) is 19.6. The van der Waals surface area contributed by atoms with Crippen molar-refractivity contribution in [3.05, 3.63) is 36.9 Å². The number of aliphatic imine (C=N–C) groups is 1. The lowest BCUT2D eigenvalue weighted by Crippen LogP contribution is -2.45. The number of aromatic nitrogens is 2. The summed E-state index contributed by atoms with van der Waals surface area (Å²) >= 11 is 0. The molecule has 1 unspecified atom stereocenters. The molecular weight excluding hydrogens is 483 g/mol. The first kappa shape index (κ1) is 23.1. The van der Waals surface area contributed by atoms with Crippen LogP contribution in [0.5, 0.6) is 11.5 Å². The molecule has 1 atom stereocenters.